The van der Waals surface area contributed by atoms with E-state index >= 15 is 0 Å². The fourth-order valence-electron chi connectivity index (χ4n) is 2.47. The maximum atomic E-state index is 12.2. The van der Waals surface area contributed by atoms with Gasteiger partial charge in [-0.25, -0.2) is 4.98 Å². The van der Waals surface area contributed by atoms with Crippen LogP contribution in [0.25, 0.3) is 0 Å². The van der Waals surface area contributed by atoms with E-state index < -0.39 is 0 Å². The Balaban J connectivity index is 1.63. The third kappa shape index (κ3) is 5.98. The van der Waals surface area contributed by atoms with Crippen LogP contribution in [0.4, 0.5) is 5.82 Å². The molecular formula is C20H19Cl2N5O2S. The maximum Gasteiger partial charge on any atom is 0.236 e. The molecule has 1 N–H and O–H groups in total. The van der Waals surface area contributed by atoms with Gasteiger partial charge < -0.3 is 10.1 Å². The molecule has 7 nitrogen and oxygen atoms in total. The molecule has 0 saturated heterocycles. The smallest absolute Gasteiger partial charge is 0.236 e. The SMILES string of the molecule is C=CCn1c(COc2cc(C)ccc2Cl)nnc1SCC(=O)Nc1ccc(Cl)cn1. The number of thioether (sulfide) groups is 1. The summed E-state index contributed by atoms with van der Waals surface area (Å²) in [5, 5.41) is 12.7. The molecule has 0 aliphatic heterocycles. The first kappa shape index (κ1) is 22.1. The van der Waals surface area contributed by atoms with Crippen molar-refractivity contribution in [2.75, 3.05) is 11.1 Å². The summed E-state index contributed by atoms with van der Waals surface area (Å²) in [6.45, 7) is 6.40. The number of nitrogens with one attached hydrogen (secondary N) is 1. The molecular weight excluding hydrogens is 445 g/mol. The Kier molecular flexibility index (Phi) is 7.73. The van der Waals surface area contributed by atoms with E-state index in [0.717, 1.165) is 5.56 Å². The minimum Gasteiger partial charge on any atom is -0.484 e. The lowest BCUT2D eigenvalue weighted by Gasteiger charge is -2.10. The number of hydrogen-bond donors (Lipinski definition) is 1. The Hall–Kier alpha value is -2.55. The highest BCUT2D eigenvalue weighted by Crippen LogP contribution is 2.26. The van der Waals surface area contributed by atoms with Gasteiger partial charge >= 0.3 is 0 Å². The fourth-order valence-corrected chi connectivity index (χ4v) is 3.52. The summed E-state index contributed by atoms with van der Waals surface area (Å²) in [4.78, 5) is 16.2. The highest BCUT2D eigenvalue weighted by atomic mass is 35.5. The second-order valence-corrected chi connectivity index (χ2v) is 8.01. The monoisotopic (exact) mass is 463 g/mol. The van der Waals surface area contributed by atoms with Crippen LogP contribution in [0.1, 0.15) is 11.4 Å². The summed E-state index contributed by atoms with van der Waals surface area (Å²) < 4.78 is 7.66. The summed E-state index contributed by atoms with van der Waals surface area (Å²) in [6, 6.07) is 8.86. The summed E-state index contributed by atoms with van der Waals surface area (Å²) in [7, 11) is 0. The van der Waals surface area contributed by atoms with Crippen LogP contribution in [0.15, 0.2) is 54.3 Å². The van der Waals surface area contributed by atoms with Gasteiger partial charge in [0.1, 0.15) is 18.2 Å². The molecule has 3 aromatic rings. The Morgan fingerprint density at radius 1 is 1.30 bits per heavy atom. The van der Waals surface area contributed by atoms with Crippen molar-refractivity contribution in [2.24, 2.45) is 0 Å². The summed E-state index contributed by atoms with van der Waals surface area (Å²) >= 11 is 13.2. The number of carbonyl (C=O) groups excluding carboxylic acids is 1. The number of halogens is 2. The third-order valence-corrected chi connectivity index (χ3v) is 5.38. The van der Waals surface area contributed by atoms with Gasteiger partial charge in [-0.05, 0) is 36.8 Å². The number of allylic oxidation sites excluding steroid dienone is 1. The number of pyridine rings is 1. The number of nitrogens with zero attached hydrogens (tertiary/aromatic N) is 4. The quantitative estimate of drug-likeness (QED) is 0.363. The van der Waals surface area contributed by atoms with Crippen LogP contribution in [0, 0.1) is 6.92 Å². The number of ether oxygens (including phenoxy) is 1. The van der Waals surface area contributed by atoms with Crippen LogP contribution in [0.5, 0.6) is 5.75 Å². The Morgan fingerprint density at radius 3 is 2.87 bits per heavy atom. The molecule has 1 aromatic carbocycles. The summed E-state index contributed by atoms with van der Waals surface area (Å²) in [5.41, 5.74) is 1.04. The lowest BCUT2D eigenvalue weighted by molar-refractivity contribution is -0.113. The lowest BCUT2D eigenvalue weighted by Crippen LogP contribution is -2.15. The molecule has 30 heavy (non-hydrogen) atoms. The largest absolute Gasteiger partial charge is 0.484 e. The van der Waals surface area contributed by atoms with Gasteiger partial charge in [0.15, 0.2) is 11.0 Å². The third-order valence-electron chi connectivity index (χ3n) is 3.88. The number of benzene rings is 1. The van der Waals surface area contributed by atoms with Crippen molar-refractivity contribution in [1.82, 2.24) is 19.7 Å². The van der Waals surface area contributed by atoms with Crippen molar-refractivity contribution in [2.45, 2.75) is 25.2 Å². The highest BCUT2D eigenvalue weighted by Gasteiger charge is 2.15. The molecule has 0 spiro atoms. The molecule has 0 fully saturated rings. The minimum absolute atomic E-state index is 0.143. The van der Waals surface area contributed by atoms with E-state index in [9.17, 15) is 4.79 Å². The van der Waals surface area contributed by atoms with Crippen molar-refractivity contribution in [3.63, 3.8) is 0 Å². The number of hydrogen-bond acceptors (Lipinski definition) is 6. The molecule has 0 saturated carbocycles. The molecule has 1 amide bonds. The van der Waals surface area contributed by atoms with Gasteiger partial charge in [-0.2, -0.15) is 0 Å². The van der Waals surface area contributed by atoms with Crippen LogP contribution in [-0.4, -0.2) is 31.4 Å². The molecule has 3 rings (SSSR count). The topological polar surface area (TPSA) is 81.9 Å². The fraction of sp³-hybridized carbons (Fsp3) is 0.200. The molecule has 10 heteroatoms. The van der Waals surface area contributed by atoms with Gasteiger partial charge in [0.05, 0.1) is 15.8 Å². The number of amides is 1. The van der Waals surface area contributed by atoms with Gasteiger partial charge in [0, 0.05) is 12.7 Å². The zero-order valence-corrected chi connectivity index (χ0v) is 18.5. The van der Waals surface area contributed by atoms with Crippen molar-refractivity contribution in [1.29, 1.82) is 0 Å². The number of aromatic nitrogens is 4. The van der Waals surface area contributed by atoms with Crippen LogP contribution in [0.3, 0.4) is 0 Å². The van der Waals surface area contributed by atoms with Crippen molar-refractivity contribution >= 4 is 46.7 Å². The Morgan fingerprint density at radius 2 is 2.13 bits per heavy atom. The normalized spacial score (nSPS) is 10.6. The maximum absolute atomic E-state index is 12.2. The molecule has 0 aliphatic rings. The van der Waals surface area contributed by atoms with E-state index in [-0.39, 0.29) is 18.3 Å². The van der Waals surface area contributed by atoms with E-state index in [4.69, 9.17) is 27.9 Å². The van der Waals surface area contributed by atoms with Crippen LogP contribution >= 0.6 is 35.0 Å². The Labute approximate surface area is 188 Å². The molecule has 0 aliphatic carbocycles. The second-order valence-electron chi connectivity index (χ2n) is 6.22. The second kappa shape index (κ2) is 10.5. The average Bonchev–Trinajstić information content (AvgIpc) is 3.11. The van der Waals surface area contributed by atoms with Crippen LogP contribution in [0.2, 0.25) is 10.0 Å². The summed E-state index contributed by atoms with van der Waals surface area (Å²) in [5.74, 6) is 1.54. The van der Waals surface area contributed by atoms with Crippen molar-refractivity contribution in [3.8, 4) is 5.75 Å². The number of carbonyl (C=O) groups is 1. The Bertz CT molecular complexity index is 1040. The predicted octanol–water partition coefficient (Wildman–Crippen LogP) is 4.78. The zero-order valence-electron chi connectivity index (χ0n) is 16.1. The van der Waals surface area contributed by atoms with E-state index in [2.05, 4.69) is 27.1 Å². The standard InChI is InChI=1S/C20H19Cl2N5O2S/c1-3-8-27-18(11-29-16-9-13(2)4-6-15(16)22)25-26-20(27)30-12-19(28)24-17-7-5-14(21)10-23-17/h3-7,9-10H,1,8,11-12H2,2H3,(H,23,24,28). The van der Waals surface area contributed by atoms with Gasteiger partial charge in [0.2, 0.25) is 5.91 Å². The molecule has 0 bridgehead atoms. The predicted molar refractivity (Wildman–Crippen MR) is 119 cm³/mol. The van der Waals surface area contributed by atoms with Gasteiger partial charge in [0.25, 0.3) is 0 Å². The van der Waals surface area contributed by atoms with Crippen molar-refractivity contribution in [3.05, 3.63) is 70.6 Å². The number of aryl methyl sites for hydroxylation is 1. The molecule has 0 radical (unpaired) electrons. The first-order valence-electron chi connectivity index (χ1n) is 8.92. The number of rotatable bonds is 9. The number of anilines is 1. The molecule has 156 valence electrons. The molecule has 2 heterocycles. The van der Waals surface area contributed by atoms with Gasteiger partial charge in [-0.15, -0.1) is 16.8 Å². The molecule has 2 aromatic heterocycles. The molecule has 0 unspecified atom stereocenters. The van der Waals surface area contributed by atoms with E-state index in [1.54, 1.807) is 24.3 Å². The van der Waals surface area contributed by atoms with Crippen molar-refractivity contribution < 1.29 is 9.53 Å². The van der Waals surface area contributed by atoms with E-state index in [1.807, 2.05) is 23.6 Å². The zero-order chi connectivity index (χ0) is 21.5. The van der Waals surface area contributed by atoms with Gasteiger partial charge in [-0.1, -0.05) is 47.1 Å². The van der Waals surface area contributed by atoms with Crippen LogP contribution in [-0.2, 0) is 17.9 Å². The summed E-state index contributed by atoms with van der Waals surface area (Å²) in [6.07, 6.45) is 3.20. The average molecular weight is 464 g/mol. The van der Waals surface area contributed by atoms with Gasteiger partial charge in [-0.3, -0.25) is 9.36 Å². The first-order chi connectivity index (χ1) is 14.5. The first-order valence-corrected chi connectivity index (χ1v) is 10.7. The van der Waals surface area contributed by atoms with E-state index in [1.165, 1.54) is 18.0 Å². The minimum atomic E-state index is -0.215. The van der Waals surface area contributed by atoms with Crippen LogP contribution < -0.4 is 10.1 Å². The molecule has 0 atom stereocenters. The van der Waals surface area contributed by atoms with E-state index in [0.29, 0.717) is 39.1 Å². The lowest BCUT2D eigenvalue weighted by atomic mass is 10.2. The highest BCUT2D eigenvalue weighted by molar-refractivity contribution is 7.99.